The van der Waals surface area contributed by atoms with Gasteiger partial charge in [0.05, 0.1) is 5.59 Å². The summed E-state index contributed by atoms with van der Waals surface area (Å²) in [6.45, 7) is 5.30. The topological polar surface area (TPSA) is 31.4 Å². The van der Waals surface area contributed by atoms with Gasteiger partial charge in [-0.3, -0.25) is 0 Å². The molecule has 0 N–H and O–H groups in total. The second-order valence-corrected chi connectivity index (χ2v) is 4.50. The van der Waals surface area contributed by atoms with Crippen LogP contribution in [-0.4, -0.2) is 25.3 Å². The van der Waals surface area contributed by atoms with Gasteiger partial charge in [-0.1, -0.05) is 19.9 Å². The Morgan fingerprint density at radius 3 is 2.60 bits per heavy atom. The zero-order valence-electron chi connectivity index (χ0n) is 8.87. The van der Waals surface area contributed by atoms with Crippen LogP contribution in [0.4, 0.5) is 4.39 Å². The zero-order chi connectivity index (χ0) is 10.9. The van der Waals surface area contributed by atoms with Crippen molar-refractivity contribution in [1.82, 2.24) is 4.98 Å². The predicted molar refractivity (Wildman–Crippen MR) is 55.3 cm³/mol. The molecule has 3 nitrogen and oxygen atoms in total. The summed E-state index contributed by atoms with van der Waals surface area (Å²) in [5.41, 5.74) is 0.509. The highest BCUT2D eigenvalue weighted by molar-refractivity contribution is 6.60. The summed E-state index contributed by atoms with van der Waals surface area (Å²) in [6, 6.07) is 4.60. The van der Waals surface area contributed by atoms with Crippen LogP contribution in [0.1, 0.15) is 13.8 Å². The molecule has 1 fully saturated rings. The zero-order valence-corrected chi connectivity index (χ0v) is 8.87. The Morgan fingerprint density at radius 1 is 1.33 bits per heavy atom. The number of hydrogen-bond acceptors (Lipinski definition) is 3. The molecular formula is C10H13BFNO2. The molecule has 1 aliphatic heterocycles. The van der Waals surface area contributed by atoms with Gasteiger partial charge in [-0.2, -0.15) is 4.39 Å². The molecule has 0 aliphatic carbocycles. The lowest BCUT2D eigenvalue weighted by molar-refractivity contribution is 0.0339. The average molecular weight is 209 g/mol. The summed E-state index contributed by atoms with van der Waals surface area (Å²) < 4.78 is 23.8. The van der Waals surface area contributed by atoms with Gasteiger partial charge in [-0.15, -0.1) is 0 Å². The van der Waals surface area contributed by atoms with E-state index in [0.29, 0.717) is 18.8 Å². The highest BCUT2D eigenvalue weighted by Gasteiger charge is 2.34. The van der Waals surface area contributed by atoms with Crippen LogP contribution in [0.15, 0.2) is 18.2 Å². The highest BCUT2D eigenvalue weighted by atomic mass is 19.1. The van der Waals surface area contributed by atoms with Gasteiger partial charge in [-0.05, 0) is 12.1 Å². The Kier molecular flexibility index (Phi) is 2.75. The second kappa shape index (κ2) is 3.91. The number of nitrogens with zero attached hydrogens (tertiary/aromatic N) is 1. The van der Waals surface area contributed by atoms with Crippen LogP contribution < -0.4 is 5.59 Å². The standard InChI is InChI=1S/C10H13BFNO2/c1-10(2)6-14-11(15-7-10)8-4-3-5-9(12)13-8/h3-5H,6-7H2,1-2H3. The van der Waals surface area contributed by atoms with Gasteiger partial charge in [0.1, 0.15) is 0 Å². The van der Waals surface area contributed by atoms with E-state index < -0.39 is 13.1 Å². The average Bonchev–Trinajstić information content (AvgIpc) is 2.17. The van der Waals surface area contributed by atoms with Crippen LogP contribution in [0.3, 0.4) is 0 Å². The third kappa shape index (κ3) is 2.55. The maximum atomic E-state index is 12.9. The Hall–Kier alpha value is -0.935. The van der Waals surface area contributed by atoms with E-state index in [1.165, 1.54) is 6.07 Å². The lowest BCUT2D eigenvalue weighted by Crippen LogP contribution is -2.48. The molecule has 80 valence electrons. The summed E-state index contributed by atoms with van der Waals surface area (Å²) in [5, 5.41) is 0. The lowest BCUT2D eigenvalue weighted by Gasteiger charge is -2.32. The number of pyridine rings is 1. The van der Waals surface area contributed by atoms with Crippen molar-refractivity contribution in [2.45, 2.75) is 13.8 Å². The van der Waals surface area contributed by atoms with Gasteiger partial charge < -0.3 is 9.31 Å². The van der Waals surface area contributed by atoms with Crippen molar-refractivity contribution >= 4 is 12.7 Å². The van der Waals surface area contributed by atoms with E-state index in [0.717, 1.165) is 0 Å². The fourth-order valence-corrected chi connectivity index (χ4v) is 1.42. The third-order valence-electron chi connectivity index (χ3n) is 2.23. The van der Waals surface area contributed by atoms with E-state index in [9.17, 15) is 4.39 Å². The van der Waals surface area contributed by atoms with Crippen LogP contribution in [-0.2, 0) is 9.31 Å². The molecule has 0 amide bonds. The van der Waals surface area contributed by atoms with E-state index in [-0.39, 0.29) is 5.41 Å². The normalized spacial score (nSPS) is 20.3. The van der Waals surface area contributed by atoms with Crippen molar-refractivity contribution in [3.8, 4) is 0 Å². The van der Waals surface area contributed by atoms with Gasteiger partial charge in [0.15, 0.2) is 0 Å². The first kappa shape index (κ1) is 10.6. The molecule has 15 heavy (non-hydrogen) atoms. The minimum atomic E-state index is -0.534. The predicted octanol–water partition coefficient (Wildman–Crippen LogP) is 0.989. The largest absolute Gasteiger partial charge is 0.513 e. The molecule has 0 bridgehead atoms. The summed E-state index contributed by atoms with van der Waals surface area (Å²) in [7, 11) is -0.534. The van der Waals surface area contributed by atoms with Crippen LogP contribution in [0.2, 0.25) is 0 Å². The van der Waals surface area contributed by atoms with E-state index in [2.05, 4.69) is 18.8 Å². The van der Waals surface area contributed by atoms with Crippen LogP contribution in [0, 0.1) is 11.4 Å². The number of hydrogen-bond donors (Lipinski definition) is 0. The van der Waals surface area contributed by atoms with Gasteiger partial charge >= 0.3 is 7.12 Å². The highest BCUT2D eigenvalue weighted by Crippen LogP contribution is 2.20. The Labute approximate surface area is 88.8 Å². The van der Waals surface area contributed by atoms with Crippen molar-refractivity contribution < 1.29 is 13.7 Å². The van der Waals surface area contributed by atoms with Crippen molar-refractivity contribution in [2.24, 2.45) is 5.41 Å². The second-order valence-electron chi connectivity index (χ2n) is 4.50. The molecule has 0 atom stereocenters. The van der Waals surface area contributed by atoms with E-state index in [4.69, 9.17) is 9.31 Å². The molecule has 0 unspecified atom stereocenters. The molecule has 2 heterocycles. The van der Waals surface area contributed by atoms with Crippen molar-refractivity contribution in [1.29, 1.82) is 0 Å². The molecule has 0 saturated carbocycles. The van der Waals surface area contributed by atoms with E-state index >= 15 is 0 Å². The molecular weight excluding hydrogens is 196 g/mol. The van der Waals surface area contributed by atoms with E-state index in [1.807, 2.05) is 0 Å². The fourth-order valence-electron chi connectivity index (χ4n) is 1.42. The van der Waals surface area contributed by atoms with Crippen molar-refractivity contribution in [3.05, 3.63) is 24.1 Å². The van der Waals surface area contributed by atoms with Gasteiger partial charge in [0.25, 0.3) is 0 Å². The van der Waals surface area contributed by atoms with Crippen LogP contribution >= 0.6 is 0 Å². The first-order chi connectivity index (χ1) is 7.07. The lowest BCUT2D eigenvalue weighted by atomic mass is 9.80. The van der Waals surface area contributed by atoms with E-state index in [1.54, 1.807) is 12.1 Å². The minimum Gasteiger partial charge on any atom is -0.406 e. The summed E-state index contributed by atoms with van der Waals surface area (Å²) in [4.78, 5) is 3.73. The molecule has 2 rings (SSSR count). The minimum absolute atomic E-state index is 0.0177. The Balaban J connectivity index is 2.08. The van der Waals surface area contributed by atoms with Crippen LogP contribution in [0.25, 0.3) is 0 Å². The fraction of sp³-hybridized carbons (Fsp3) is 0.500. The monoisotopic (exact) mass is 209 g/mol. The Bertz CT molecular complexity index is 349. The number of halogens is 1. The smallest absolute Gasteiger partial charge is 0.406 e. The molecule has 1 aliphatic rings. The van der Waals surface area contributed by atoms with Gasteiger partial charge in [0, 0.05) is 18.6 Å². The molecule has 1 saturated heterocycles. The number of aromatic nitrogens is 1. The number of rotatable bonds is 1. The molecule has 1 aromatic heterocycles. The molecule has 0 spiro atoms. The van der Waals surface area contributed by atoms with Gasteiger partial charge in [-0.25, -0.2) is 4.98 Å². The summed E-state index contributed by atoms with van der Waals surface area (Å²) >= 11 is 0. The van der Waals surface area contributed by atoms with Crippen molar-refractivity contribution in [3.63, 3.8) is 0 Å². The SMILES string of the molecule is CC1(C)COB(c2cccc(F)n2)OC1. The van der Waals surface area contributed by atoms with Crippen molar-refractivity contribution in [2.75, 3.05) is 13.2 Å². The molecule has 0 radical (unpaired) electrons. The Morgan fingerprint density at radius 2 is 2.00 bits per heavy atom. The quantitative estimate of drug-likeness (QED) is 0.510. The van der Waals surface area contributed by atoms with Gasteiger partial charge in [0.2, 0.25) is 5.95 Å². The first-order valence-corrected chi connectivity index (χ1v) is 4.92. The molecule has 0 aromatic carbocycles. The third-order valence-corrected chi connectivity index (χ3v) is 2.23. The molecule has 5 heteroatoms. The summed E-state index contributed by atoms with van der Waals surface area (Å²) in [5.74, 6) is -0.510. The molecule has 1 aromatic rings. The maximum Gasteiger partial charge on any atom is 0.513 e. The van der Waals surface area contributed by atoms with Crippen LogP contribution in [0.5, 0.6) is 0 Å². The first-order valence-electron chi connectivity index (χ1n) is 4.92. The summed E-state index contributed by atoms with van der Waals surface area (Å²) in [6.07, 6.45) is 0. The maximum absolute atomic E-state index is 12.9.